The molecular weight excluding hydrogens is 221 g/mol. The molecule has 0 heterocycles. The van der Waals surface area contributed by atoms with Crippen molar-refractivity contribution < 1.29 is 22.7 Å². The van der Waals surface area contributed by atoms with Crippen LogP contribution in [0.15, 0.2) is 24.3 Å². The number of hydrogen-bond donors (Lipinski definition) is 0. The average Bonchev–Trinajstić information content (AvgIpc) is 2.16. The van der Waals surface area contributed by atoms with E-state index >= 15 is 0 Å². The summed E-state index contributed by atoms with van der Waals surface area (Å²) in [6, 6.07) is 5.10. The number of carbonyl (C=O) groups excluding carboxylic acids is 1. The Labute approximate surface area is 91.0 Å². The number of Topliss-reactive ketones (excluding diaryl/α,β-unsaturated/α-hetero) is 1. The first kappa shape index (κ1) is 12.5. The maximum absolute atomic E-state index is 11.9. The van der Waals surface area contributed by atoms with Gasteiger partial charge in [-0.25, -0.2) is 0 Å². The third-order valence-corrected chi connectivity index (χ3v) is 1.87. The molecule has 1 rings (SSSR count). The number of ketones is 1. The van der Waals surface area contributed by atoms with Crippen LogP contribution >= 0.6 is 0 Å². The fourth-order valence-electron chi connectivity index (χ4n) is 1.24. The molecule has 0 aromatic heterocycles. The molecule has 0 fully saturated rings. The molecule has 0 radical (unpaired) electrons. The molecule has 5 heteroatoms. The van der Waals surface area contributed by atoms with E-state index in [0.29, 0.717) is 12.8 Å². The lowest BCUT2D eigenvalue weighted by Gasteiger charge is -2.09. The topological polar surface area (TPSA) is 26.3 Å². The fraction of sp³-hybridized carbons (Fsp3) is 0.364. The van der Waals surface area contributed by atoms with Gasteiger partial charge < -0.3 is 4.74 Å². The van der Waals surface area contributed by atoms with Gasteiger partial charge in [-0.05, 0) is 18.6 Å². The van der Waals surface area contributed by atoms with Crippen molar-refractivity contribution >= 4 is 5.78 Å². The Kier molecular flexibility index (Phi) is 3.93. The van der Waals surface area contributed by atoms with Crippen LogP contribution in [0.2, 0.25) is 0 Å². The predicted molar refractivity (Wildman–Crippen MR) is 52.4 cm³/mol. The highest BCUT2D eigenvalue weighted by Gasteiger charge is 2.31. The van der Waals surface area contributed by atoms with E-state index in [1.165, 1.54) is 12.1 Å². The zero-order valence-electron chi connectivity index (χ0n) is 8.67. The van der Waals surface area contributed by atoms with E-state index < -0.39 is 6.36 Å². The van der Waals surface area contributed by atoms with Crippen LogP contribution in [-0.4, -0.2) is 12.1 Å². The Morgan fingerprint density at radius 1 is 1.38 bits per heavy atom. The Hall–Kier alpha value is -1.52. The molecule has 2 nitrogen and oxygen atoms in total. The highest BCUT2D eigenvalue weighted by atomic mass is 19.4. The number of carbonyl (C=O) groups is 1. The average molecular weight is 232 g/mol. The van der Waals surface area contributed by atoms with Crippen molar-refractivity contribution in [2.75, 3.05) is 0 Å². The van der Waals surface area contributed by atoms with Gasteiger partial charge in [-0.3, -0.25) is 4.79 Å². The van der Waals surface area contributed by atoms with E-state index in [-0.39, 0.29) is 17.1 Å². The lowest BCUT2D eigenvalue weighted by atomic mass is 10.1. The maximum Gasteiger partial charge on any atom is 0.573 e. The van der Waals surface area contributed by atoms with Crippen LogP contribution in [0, 0.1) is 0 Å². The molecule has 0 aliphatic rings. The number of benzene rings is 1. The van der Waals surface area contributed by atoms with Gasteiger partial charge in [0.1, 0.15) is 5.75 Å². The minimum atomic E-state index is -4.73. The summed E-state index contributed by atoms with van der Waals surface area (Å²) in [4.78, 5) is 11.4. The van der Waals surface area contributed by atoms with Gasteiger partial charge in [-0.1, -0.05) is 19.1 Å². The van der Waals surface area contributed by atoms with Gasteiger partial charge in [0, 0.05) is 12.0 Å². The highest BCUT2D eigenvalue weighted by molar-refractivity contribution is 5.96. The Morgan fingerprint density at radius 3 is 2.62 bits per heavy atom. The molecule has 0 spiro atoms. The van der Waals surface area contributed by atoms with Crippen molar-refractivity contribution in [2.24, 2.45) is 0 Å². The Morgan fingerprint density at radius 2 is 2.06 bits per heavy atom. The summed E-state index contributed by atoms with van der Waals surface area (Å²) in [5.74, 6) is -0.551. The smallest absolute Gasteiger partial charge is 0.406 e. The fourth-order valence-corrected chi connectivity index (χ4v) is 1.24. The van der Waals surface area contributed by atoms with Crippen molar-refractivity contribution in [3.8, 4) is 5.75 Å². The second-order valence-electron chi connectivity index (χ2n) is 3.25. The molecule has 0 bridgehead atoms. The zero-order valence-corrected chi connectivity index (χ0v) is 8.67. The van der Waals surface area contributed by atoms with Crippen LogP contribution in [0.3, 0.4) is 0 Å². The number of halogens is 3. The van der Waals surface area contributed by atoms with E-state index in [9.17, 15) is 18.0 Å². The van der Waals surface area contributed by atoms with Crippen LogP contribution in [0.25, 0.3) is 0 Å². The molecule has 0 saturated heterocycles. The predicted octanol–water partition coefficient (Wildman–Crippen LogP) is 3.57. The van der Waals surface area contributed by atoms with Crippen LogP contribution < -0.4 is 4.74 Å². The summed E-state index contributed by atoms with van der Waals surface area (Å²) in [5, 5.41) is 0. The van der Waals surface area contributed by atoms with Gasteiger partial charge in [0.05, 0.1) is 0 Å². The molecular formula is C11H11F3O2. The third-order valence-electron chi connectivity index (χ3n) is 1.87. The lowest BCUT2D eigenvalue weighted by molar-refractivity contribution is -0.274. The van der Waals surface area contributed by atoms with E-state index in [1.807, 2.05) is 6.92 Å². The normalized spacial score (nSPS) is 11.2. The maximum atomic E-state index is 11.9. The van der Waals surface area contributed by atoms with E-state index in [2.05, 4.69) is 4.74 Å². The molecule has 1 aromatic carbocycles. The van der Waals surface area contributed by atoms with Crippen molar-refractivity contribution in [2.45, 2.75) is 26.1 Å². The number of ether oxygens (including phenoxy) is 1. The largest absolute Gasteiger partial charge is 0.573 e. The van der Waals surface area contributed by atoms with Gasteiger partial charge in [-0.15, -0.1) is 13.2 Å². The number of hydrogen-bond acceptors (Lipinski definition) is 2. The van der Waals surface area contributed by atoms with Crippen LogP contribution in [0.4, 0.5) is 13.2 Å². The quantitative estimate of drug-likeness (QED) is 0.742. The van der Waals surface area contributed by atoms with Crippen LogP contribution in [0.5, 0.6) is 5.75 Å². The van der Waals surface area contributed by atoms with Crippen LogP contribution in [0.1, 0.15) is 30.1 Å². The second-order valence-corrected chi connectivity index (χ2v) is 3.25. The SMILES string of the molecule is CCCC(=O)c1cccc(OC(F)(F)F)c1. The standard InChI is InChI=1S/C11H11F3O2/c1-2-4-10(15)8-5-3-6-9(7-8)16-11(12,13)14/h3,5-7H,2,4H2,1H3. The summed E-state index contributed by atoms with van der Waals surface area (Å²) in [7, 11) is 0. The first-order chi connectivity index (χ1) is 7.42. The second kappa shape index (κ2) is 5.01. The summed E-state index contributed by atoms with van der Waals surface area (Å²) in [6.45, 7) is 1.83. The molecule has 88 valence electrons. The van der Waals surface area contributed by atoms with Gasteiger partial charge in [0.15, 0.2) is 5.78 Å². The van der Waals surface area contributed by atoms with E-state index in [1.54, 1.807) is 0 Å². The molecule has 0 amide bonds. The minimum Gasteiger partial charge on any atom is -0.406 e. The van der Waals surface area contributed by atoms with Gasteiger partial charge in [0.25, 0.3) is 0 Å². The van der Waals surface area contributed by atoms with Gasteiger partial charge >= 0.3 is 6.36 Å². The number of alkyl halides is 3. The molecule has 0 atom stereocenters. The minimum absolute atomic E-state index is 0.185. The molecule has 1 aromatic rings. The lowest BCUT2D eigenvalue weighted by Crippen LogP contribution is -2.17. The molecule has 0 N–H and O–H groups in total. The van der Waals surface area contributed by atoms with Crippen molar-refractivity contribution in [1.82, 2.24) is 0 Å². The number of rotatable bonds is 4. The highest BCUT2D eigenvalue weighted by Crippen LogP contribution is 2.23. The summed E-state index contributed by atoms with van der Waals surface area (Å²) >= 11 is 0. The molecule has 16 heavy (non-hydrogen) atoms. The van der Waals surface area contributed by atoms with Crippen molar-refractivity contribution in [3.63, 3.8) is 0 Å². The molecule has 0 aliphatic carbocycles. The summed E-state index contributed by atoms with van der Waals surface area (Å²) in [5.41, 5.74) is 0.239. The van der Waals surface area contributed by atoms with Crippen LogP contribution in [-0.2, 0) is 0 Å². The van der Waals surface area contributed by atoms with Crippen molar-refractivity contribution in [3.05, 3.63) is 29.8 Å². The van der Waals surface area contributed by atoms with Crippen molar-refractivity contribution in [1.29, 1.82) is 0 Å². The monoisotopic (exact) mass is 232 g/mol. The van der Waals surface area contributed by atoms with E-state index in [4.69, 9.17) is 0 Å². The zero-order chi connectivity index (χ0) is 12.2. The molecule has 0 unspecified atom stereocenters. The molecule has 0 saturated carbocycles. The Bertz CT molecular complexity index is 372. The first-order valence-electron chi connectivity index (χ1n) is 4.81. The third kappa shape index (κ3) is 3.92. The summed E-state index contributed by atoms with van der Waals surface area (Å²) in [6.07, 6.45) is -3.76. The summed E-state index contributed by atoms with van der Waals surface area (Å²) < 4.78 is 39.5. The first-order valence-corrected chi connectivity index (χ1v) is 4.81. The van der Waals surface area contributed by atoms with E-state index in [0.717, 1.165) is 12.1 Å². The molecule has 0 aliphatic heterocycles. The van der Waals surface area contributed by atoms with Gasteiger partial charge in [-0.2, -0.15) is 0 Å². The Balaban J connectivity index is 2.83. The van der Waals surface area contributed by atoms with Gasteiger partial charge in [0.2, 0.25) is 0 Å².